The molecule has 188 valence electrons. The maximum Gasteiger partial charge on any atom is 0.303 e. The van der Waals surface area contributed by atoms with E-state index < -0.39 is 12.1 Å². The summed E-state index contributed by atoms with van der Waals surface area (Å²) in [5.74, 6) is 0.764. The molecule has 0 saturated carbocycles. The van der Waals surface area contributed by atoms with Gasteiger partial charge in [-0.2, -0.15) is 0 Å². The van der Waals surface area contributed by atoms with E-state index in [-0.39, 0.29) is 6.42 Å². The Kier molecular flexibility index (Phi) is 9.06. The molecular weight excluding hydrogens is 462 g/mol. The molecule has 3 aromatic rings. The van der Waals surface area contributed by atoms with Crippen LogP contribution >= 0.6 is 11.3 Å². The number of aliphatic hydroxyl groups excluding tert-OH is 1. The molecule has 1 aromatic carbocycles. The number of methoxy groups -OCH3 is 1. The number of piperidine rings is 1. The highest BCUT2D eigenvalue weighted by molar-refractivity contribution is 7.09. The lowest BCUT2D eigenvalue weighted by Gasteiger charge is -2.39. The predicted octanol–water partition coefficient (Wildman–Crippen LogP) is 4.95. The normalized spacial score (nSPS) is 19.6. The second-order valence-electron chi connectivity index (χ2n) is 9.45. The van der Waals surface area contributed by atoms with E-state index in [4.69, 9.17) is 4.74 Å². The number of carboxylic acid groups (broad SMARTS) is 1. The number of hydrogen-bond donors (Lipinski definition) is 2. The molecule has 0 spiro atoms. The monoisotopic (exact) mass is 497 g/mol. The first-order valence-electron chi connectivity index (χ1n) is 12.5. The minimum Gasteiger partial charge on any atom is -0.497 e. The van der Waals surface area contributed by atoms with E-state index in [0.29, 0.717) is 24.7 Å². The summed E-state index contributed by atoms with van der Waals surface area (Å²) in [5, 5.41) is 24.5. The van der Waals surface area contributed by atoms with Crippen LogP contribution in [0.3, 0.4) is 0 Å². The lowest BCUT2D eigenvalue weighted by atomic mass is 9.79. The van der Waals surface area contributed by atoms with E-state index in [0.717, 1.165) is 67.5 Å². The summed E-state index contributed by atoms with van der Waals surface area (Å²) in [6.45, 7) is 2.97. The molecule has 1 aliphatic rings. The number of pyridine rings is 1. The average Bonchev–Trinajstić information content (AvgIpc) is 3.39. The Bertz CT molecular complexity index is 1090. The number of aliphatic carboxylic acids is 1. The first kappa shape index (κ1) is 25.5. The minimum absolute atomic E-state index is 0.200. The van der Waals surface area contributed by atoms with Gasteiger partial charge in [0, 0.05) is 42.5 Å². The van der Waals surface area contributed by atoms with Gasteiger partial charge >= 0.3 is 5.97 Å². The van der Waals surface area contributed by atoms with Crippen LogP contribution in [0.5, 0.6) is 5.75 Å². The van der Waals surface area contributed by atoms with Crippen molar-refractivity contribution in [3.05, 3.63) is 52.6 Å². The first-order valence-corrected chi connectivity index (χ1v) is 13.3. The van der Waals surface area contributed by atoms with Crippen molar-refractivity contribution >= 4 is 28.2 Å². The van der Waals surface area contributed by atoms with Crippen molar-refractivity contribution in [2.45, 2.75) is 51.0 Å². The van der Waals surface area contributed by atoms with Gasteiger partial charge in [-0.25, -0.2) is 4.98 Å². The van der Waals surface area contributed by atoms with Crippen LogP contribution in [0.4, 0.5) is 0 Å². The minimum atomic E-state index is -0.734. The third-order valence-electron chi connectivity index (χ3n) is 7.21. The molecule has 0 amide bonds. The second-order valence-corrected chi connectivity index (χ2v) is 10.4. The molecular formula is C27H35N3O4S. The van der Waals surface area contributed by atoms with Crippen molar-refractivity contribution in [2.24, 2.45) is 11.8 Å². The maximum atomic E-state index is 11.3. The lowest BCUT2D eigenvalue weighted by Crippen LogP contribution is -2.41. The summed E-state index contributed by atoms with van der Waals surface area (Å²) in [5.41, 5.74) is 1.71. The molecule has 3 heterocycles. The molecule has 0 unspecified atom stereocenters. The first-order chi connectivity index (χ1) is 17.0. The zero-order valence-corrected chi connectivity index (χ0v) is 21.1. The SMILES string of the molecule is COc1ccc2nccc([C@H](O)CC[C@@H]3CCN(CCCc4nccs4)C[C@H]3CCC(=O)O)c2c1. The van der Waals surface area contributed by atoms with Gasteiger partial charge in [-0.3, -0.25) is 9.78 Å². The Hall–Kier alpha value is -2.55. The van der Waals surface area contributed by atoms with Gasteiger partial charge < -0.3 is 19.8 Å². The number of hydrogen-bond acceptors (Lipinski definition) is 7. The van der Waals surface area contributed by atoms with Gasteiger partial charge in [0.05, 0.1) is 23.7 Å². The van der Waals surface area contributed by atoms with Crippen molar-refractivity contribution < 1.29 is 19.7 Å². The number of aryl methyl sites for hydroxylation is 1. The van der Waals surface area contributed by atoms with Crippen molar-refractivity contribution in [1.82, 2.24) is 14.9 Å². The Morgan fingerprint density at radius 1 is 1.23 bits per heavy atom. The van der Waals surface area contributed by atoms with Crippen molar-refractivity contribution in [3.8, 4) is 5.75 Å². The number of benzene rings is 1. The molecule has 0 aliphatic carbocycles. The quantitative estimate of drug-likeness (QED) is 0.365. The van der Waals surface area contributed by atoms with Crippen molar-refractivity contribution in [1.29, 1.82) is 0 Å². The van der Waals surface area contributed by atoms with Crippen molar-refractivity contribution in [3.63, 3.8) is 0 Å². The number of nitrogens with zero attached hydrogens (tertiary/aromatic N) is 3. The lowest BCUT2D eigenvalue weighted by molar-refractivity contribution is -0.137. The highest BCUT2D eigenvalue weighted by atomic mass is 32.1. The number of rotatable bonds is 12. The van der Waals surface area contributed by atoms with Crippen LogP contribution in [0.2, 0.25) is 0 Å². The van der Waals surface area contributed by atoms with Crippen LogP contribution in [-0.4, -0.2) is 57.8 Å². The molecule has 1 saturated heterocycles. The van der Waals surface area contributed by atoms with Crippen molar-refractivity contribution in [2.75, 3.05) is 26.7 Å². The van der Waals surface area contributed by atoms with E-state index in [1.54, 1.807) is 24.6 Å². The molecule has 7 nitrogen and oxygen atoms in total. The number of likely N-dealkylation sites (tertiary alicyclic amines) is 1. The Morgan fingerprint density at radius 2 is 2.11 bits per heavy atom. The average molecular weight is 498 g/mol. The summed E-state index contributed by atoms with van der Waals surface area (Å²) in [7, 11) is 1.64. The van der Waals surface area contributed by atoms with Crippen LogP contribution in [0.1, 0.15) is 55.2 Å². The molecule has 2 N–H and O–H groups in total. The molecule has 2 aromatic heterocycles. The highest BCUT2D eigenvalue weighted by Crippen LogP contribution is 2.35. The number of thiazole rings is 1. The van der Waals surface area contributed by atoms with Gasteiger partial charge in [0.15, 0.2) is 0 Å². The molecule has 3 atom stereocenters. The van der Waals surface area contributed by atoms with Crippen LogP contribution in [0.25, 0.3) is 10.9 Å². The van der Waals surface area contributed by atoms with Gasteiger partial charge in [-0.1, -0.05) is 0 Å². The topological polar surface area (TPSA) is 95.8 Å². The maximum absolute atomic E-state index is 11.3. The van der Waals surface area contributed by atoms with Crippen LogP contribution in [0.15, 0.2) is 42.0 Å². The number of aliphatic hydroxyl groups is 1. The number of carbonyl (C=O) groups is 1. The summed E-state index contributed by atoms with van der Waals surface area (Å²) >= 11 is 1.70. The molecule has 4 rings (SSSR count). The molecule has 8 heteroatoms. The molecule has 1 fully saturated rings. The highest BCUT2D eigenvalue weighted by Gasteiger charge is 2.30. The molecule has 0 bridgehead atoms. The van der Waals surface area contributed by atoms with Gasteiger partial charge in [-0.15, -0.1) is 11.3 Å². The zero-order valence-electron chi connectivity index (χ0n) is 20.3. The zero-order chi connectivity index (χ0) is 24.6. The largest absolute Gasteiger partial charge is 0.497 e. The van der Waals surface area contributed by atoms with Crippen LogP contribution in [-0.2, 0) is 11.2 Å². The summed E-state index contributed by atoms with van der Waals surface area (Å²) in [6, 6.07) is 7.61. The second kappa shape index (κ2) is 12.4. The Morgan fingerprint density at radius 3 is 2.89 bits per heavy atom. The smallest absolute Gasteiger partial charge is 0.303 e. The predicted molar refractivity (Wildman–Crippen MR) is 138 cm³/mol. The van der Waals surface area contributed by atoms with Crippen LogP contribution < -0.4 is 4.74 Å². The fourth-order valence-electron chi connectivity index (χ4n) is 5.30. The summed E-state index contributed by atoms with van der Waals surface area (Å²) in [4.78, 5) is 22.6. The molecule has 1 aliphatic heterocycles. The fourth-order valence-corrected chi connectivity index (χ4v) is 5.96. The molecule has 35 heavy (non-hydrogen) atoms. The number of ether oxygens (including phenoxy) is 1. The summed E-state index contributed by atoms with van der Waals surface area (Å²) < 4.78 is 5.37. The van der Waals surface area contributed by atoms with Gasteiger partial charge in [0.1, 0.15) is 5.75 Å². The Balaban J connectivity index is 1.36. The third kappa shape index (κ3) is 6.99. The van der Waals surface area contributed by atoms with E-state index >= 15 is 0 Å². The van der Waals surface area contributed by atoms with Gasteiger partial charge in [0.25, 0.3) is 0 Å². The fraction of sp³-hybridized carbons (Fsp3) is 0.519. The summed E-state index contributed by atoms with van der Waals surface area (Å²) in [6.07, 6.45) is 8.53. The number of carboxylic acids is 1. The van der Waals surface area contributed by atoms with Gasteiger partial charge in [-0.05, 0) is 86.9 Å². The van der Waals surface area contributed by atoms with E-state index in [1.807, 2.05) is 35.8 Å². The third-order valence-corrected chi connectivity index (χ3v) is 8.04. The van der Waals surface area contributed by atoms with E-state index in [2.05, 4.69) is 14.9 Å². The van der Waals surface area contributed by atoms with E-state index in [9.17, 15) is 15.0 Å². The standard InChI is InChI=1S/C27H35N3O4S/c1-34-21-6-7-24-23(17-21)22(10-12-28-24)25(31)8-4-19-11-15-30(18-20(19)5-9-27(32)33)14-2-3-26-29-13-16-35-26/h6-7,10,12-13,16-17,19-20,25,31H,2-5,8-9,11,14-15,18H2,1H3,(H,32,33)/t19-,20-,25-/m1/s1. The van der Waals surface area contributed by atoms with E-state index in [1.165, 1.54) is 5.01 Å². The van der Waals surface area contributed by atoms with Gasteiger partial charge in [0.2, 0.25) is 0 Å². The van der Waals surface area contributed by atoms with Crippen LogP contribution in [0, 0.1) is 11.8 Å². The number of aromatic nitrogens is 2. The number of fused-ring (bicyclic) bond motifs is 1. The Labute approximate surface area is 210 Å². The molecule has 0 radical (unpaired) electrons.